The Morgan fingerprint density at radius 2 is 1.62 bits per heavy atom. The Bertz CT molecular complexity index is 195. The quantitative estimate of drug-likeness (QED) is 0.692. The van der Waals surface area contributed by atoms with Gasteiger partial charge in [0.1, 0.15) is 0 Å². The molecule has 0 radical (unpaired) electrons. The van der Waals surface area contributed by atoms with Gasteiger partial charge in [0.25, 0.3) is 0 Å². The van der Waals surface area contributed by atoms with Crippen molar-refractivity contribution in [2.75, 3.05) is 6.61 Å². The highest BCUT2D eigenvalue weighted by atomic mass is 16.3. The molecule has 0 heterocycles. The van der Waals surface area contributed by atoms with Crippen molar-refractivity contribution >= 4 is 0 Å². The Kier molecular flexibility index (Phi) is 1.59. The van der Waals surface area contributed by atoms with Crippen LogP contribution < -0.4 is 0 Å². The molecule has 74 valence electrons. The van der Waals surface area contributed by atoms with E-state index < -0.39 is 0 Å². The van der Waals surface area contributed by atoms with E-state index in [4.69, 9.17) is 0 Å². The Morgan fingerprint density at radius 3 is 2.15 bits per heavy atom. The molecule has 0 aromatic carbocycles. The topological polar surface area (TPSA) is 20.2 Å². The smallest absolute Gasteiger partial charge is 0.0488 e. The first-order valence-corrected chi connectivity index (χ1v) is 5.90. The van der Waals surface area contributed by atoms with Crippen LogP contribution >= 0.6 is 0 Å². The van der Waals surface area contributed by atoms with E-state index >= 15 is 0 Å². The molecule has 0 amide bonds. The van der Waals surface area contributed by atoms with Crippen LogP contribution in [-0.4, -0.2) is 11.7 Å². The number of hydrogen-bond donors (Lipinski definition) is 1. The SMILES string of the molecule is OCC12CC(C3CCCCC3)(C1)C2. The molecule has 1 nitrogen and oxygen atoms in total. The van der Waals surface area contributed by atoms with Crippen LogP contribution in [0.1, 0.15) is 51.4 Å². The van der Waals surface area contributed by atoms with Crippen LogP contribution in [0.2, 0.25) is 0 Å². The van der Waals surface area contributed by atoms with Crippen molar-refractivity contribution in [1.29, 1.82) is 0 Å². The van der Waals surface area contributed by atoms with Crippen LogP contribution in [0.3, 0.4) is 0 Å². The number of aliphatic hydroxyl groups excluding tert-OH is 1. The molecular weight excluding hydrogens is 160 g/mol. The number of aliphatic hydroxyl groups is 1. The second kappa shape index (κ2) is 2.50. The van der Waals surface area contributed by atoms with Crippen LogP contribution in [0.5, 0.6) is 0 Å². The highest BCUT2D eigenvalue weighted by Gasteiger charge is 2.69. The van der Waals surface area contributed by atoms with E-state index in [1.807, 2.05) is 0 Å². The molecule has 0 aromatic heterocycles. The van der Waals surface area contributed by atoms with E-state index in [1.165, 1.54) is 51.4 Å². The molecule has 4 fully saturated rings. The van der Waals surface area contributed by atoms with Crippen molar-refractivity contribution in [1.82, 2.24) is 0 Å². The predicted molar refractivity (Wildman–Crippen MR) is 52.4 cm³/mol. The summed E-state index contributed by atoms with van der Waals surface area (Å²) in [5.74, 6) is 1.04. The Morgan fingerprint density at radius 1 is 1.00 bits per heavy atom. The fourth-order valence-corrected chi connectivity index (χ4v) is 4.40. The third kappa shape index (κ3) is 0.971. The van der Waals surface area contributed by atoms with Crippen LogP contribution in [0.25, 0.3) is 0 Å². The van der Waals surface area contributed by atoms with Crippen molar-refractivity contribution in [3.63, 3.8) is 0 Å². The van der Waals surface area contributed by atoms with Gasteiger partial charge in [0, 0.05) is 6.61 Å². The lowest BCUT2D eigenvalue weighted by Gasteiger charge is -2.73. The monoisotopic (exact) mass is 180 g/mol. The van der Waals surface area contributed by atoms with E-state index in [0.29, 0.717) is 12.0 Å². The van der Waals surface area contributed by atoms with Gasteiger partial charge in [-0.15, -0.1) is 0 Å². The second-order valence-electron chi connectivity index (χ2n) is 5.89. The maximum absolute atomic E-state index is 9.20. The third-order valence-electron chi connectivity index (χ3n) is 4.99. The van der Waals surface area contributed by atoms with Crippen molar-refractivity contribution in [2.45, 2.75) is 51.4 Å². The fraction of sp³-hybridized carbons (Fsp3) is 1.00. The zero-order valence-corrected chi connectivity index (χ0v) is 8.39. The minimum atomic E-state index is 0.428. The summed E-state index contributed by atoms with van der Waals surface area (Å²) in [6.07, 6.45) is 11.5. The van der Waals surface area contributed by atoms with Gasteiger partial charge in [-0.05, 0) is 48.9 Å². The molecule has 0 aromatic rings. The minimum absolute atomic E-state index is 0.428. The lowest BCUT2D eigenvalue weighted by molar-refractivity contribution is -0.256. The minimum Gasteiger partial charge on any atom is -0.396 e. The largest absolute Gasteiger partial charge is 0.396 e. The standard InChI is InChI=1S/C12H20O/c13-9-11-6-12(7-11,8-11)10-4-2-1-3-5-10/h10,13H,1-9H2. The highest BCUT2D eigenvalue weighted by molar-refractivity contribution is 5.18. The summed E-state index contributed by atoms with van der Waals surface area (Å²) in [5, 5.41) is 9.20. The van der Waals surface area contributed by atoms with E-state index in [2.05, 4.69) is 0 Å². The summed E-state index contributed by atoms with van der Waals surface area (Å²) in [7, 11) is 0. The maximum Gasteiger partial charge on any atom is 0.0488 e. The van der Waals surface area contributed by atoms with Gasteiger partial charge in [-0.1, -0.05) is 19.3 Å². The van der Waals surface area contributed by atoms with Gasteiger partial charge in [0.2, 0.25) is 0 Å². The zero-order chi connectivity index (χ0) is 8.94. The van der Waals surface area contributed by atoms with Crippen molar-refractivity contribution < 1.29 is 5.11 Å². The van der Waals surface area contributed by atoms with Gasteiger partial charge in [0.15, 0.2) is 0 Å². The predicted octanol–water partition coefficient (Wildman–Crippen LogP) is 2.73. The molecule has 4 rings (SSSR count). The molecular formula is C12H20O. The first-order chi connectivity index (χ1) is 6.29. The summed E-state index contributed by atoms with van der Waals surface area (Å²) in [4.78, 5) is 0. The third-order valence-corrected chi connectivity index (χ3v) is 4.99. The van der Waals surface area contributed by atoms with Gasteiger partial charge < -0.3 is 5.11 Å². The van der Waals surface area contributed by atoms with Gasteiger partial charge in [-0.3, -0.25) is 0 Å². The van der Waals surface area contributed by atoms with Crippen LogP contribution in [0, 0.1) is 16.7 Å². The van der Waals surface area contributed by atoms with Gasteiger partial charge >= 0.3 is 0 Å². The lowest BCUT2D eigenvalue weighted by Crippen LogP contribution is -2.66. The Balaban J connectivity index is 1.63. The van der Waals surface area contributed by atoms with E-state index in [0.717, 1.165) is 11.3 Å². The highest BCUT2D eigenvalue weighted by Crippen LogP contribution is 2.77. The molecule has 4 aliphatic rings. The van der Waals surface area contributed by atoms with E-state index in [1.54, 1.807) is 0 Å². The lowest BCUT2D eigenvalue weighted by atomic mass is 9.31. The zero-order valence-electron chi connectivity index (χ0n) is 8.39. The fourth-order valence-electron chi connectivity index (χ4n) is 4.40. The summed E-state index contributed by atoms with van der Waals surface area (Å²) in [6.45, 7) is 0.460. The molecule has 0 saturated heterocycles. The van der Waals surface area contributed by atoms with Gasteiger partial charge in [0.05, 0.1) is 0 Å². The Labute approximate surface area is 80.5 Å². The summed E-state index contributed by atoms with van der Waals surface area (Å²) >= 11 is 0. The van der Waals surface area contributed by atoms with Crippen LogP contribution in [0.4, 0.5) is 0 Å². The second-order valence-corrected chi connectivity index (χ2v) is 5.89. The van der Waals surface area contributed by atoms with Gasteiger partial charge in [-0.2, -0.15) is 0 Å². The number of hydrogen-bond acceptors (Lipinski definition) is 1. The van der Waals surface area contributed by atoms with Crippen LogP contribution in [-0.2, 0) is 0 Å². The first-order valence-electron chi connectivity index (χ1n) is 5.90. The molecule has 1 heteroatoms. The molecule has 2 bridgehead atoms. The van der Waals surface area contributed by atoms with Gasteiger partial charge in [-0.25, -0.2) is 0 Å². The average molecular weight is 180 g/mol. The molecule has 4 saturated carbocycles. The maximum atomic E-state index is 9.20. The van der Waals surface area contributed by atoms with Crippen molar-refractivity contribution in [3.8, 4) is 0 Å². The van der Waals surface area contributed by atoms with Crippen molar-refractivity contribution in [3.05, 3.63) is 0 Å². The number of rotatable bonds is 2. The molecule has 4 aliphatic carbocycles. The molecule has 1 N–H and O–H groups in total. The summed E-state index contributed by atoms with van der Waals surface area (Å²) < 4.78 is 0. The Hall–Kier alpha value is -0.0400. The molecule has 0 spiro atoms. The van der Waals surface area contributed by atoms with Crippen LogP contribution in [0.15, 0.2) is 0 Å². The van der Waals surface area contributed by atoms with E-state index in [9.17, 15) is 5.11 Å². The molecule has 0 aliphatic heterocycles. The average Bonchev–Trinajstić information content (AvgIpc) is 2.02. The summed E-state index contributed by atoms with van der Waals surface area (Å²) in [5.41, 5.74) is 1.17. The summed E-state index contributed by atoms with van der Waals surface area (Å²) in [6, 6.07) is 0. The normalized spacial score (nSPS) is 49.6. The molecule has 13 heavy (non-hydrogen) atoms. The molecule has 0 atom stereocenters. The van der Waals surface area contributed by atoms with Crippen molar-refractivity contribution in [2.24, 2.45) is 16.7 Å². The first kappa shape index (κ1) is 8.28. The van der Waals surface area contributed by atoms with E-state index in [-0.39, 0.29) is 0 Å². The molecule has 0 unspecified atom stereocenters.